The predicted octanol–water partition coefficient (Wildman–Crippen LogP) is 2.78. The van der Waals surface area contributed by atoms with Gasteiger partial charge < -0.3 is 5.11 Å². The molecule has 4 heteroatoms. The third-order valence-corrected chi connectivity index (χ3v) is 2.56. The van der Waals surface area contributed by atoms with E-state index in [0.717, 1.165) is 6.08 Å². The van der Waals surface area contributed by atoms with Crippen molar-refractivity contribution in [3.05, 3.63) is 36.2 Å². The molecule has 0 bridgehead atoms. The van der Waals surface area contributed by atoms with Gasteiger partial charge in [-0.1, -0.05) is 12.7 Å². The van der Waals surface area contributed by atoms with Crippen LogP contribution in [0.3, 0.4) is 0 Å². The molecule has 0 spiro atoms. The summed E-state index contributed by atoms with van der Waals surface area (Å²) in [5.41, 5.74) is -1.64. The molecule has 2 atom stereocenters. The van der Waals surface area contributed by atoms with Gasteiger partial charge in [0.25, 0.3) is 0 Å². The summed E-state index contributed by atoms with van der Waals surface area (Å²) in [7, 11) is 0. The Morgan fingerprint density at radius 2 is 2.33 bits per heavy atom. The highest BCUT2D eigenvalue weighted by Gasteiger charge is 2.40. The second-order valence-corrected chi connectivity index (χ2v) is 3.80. The molecule has 0 aromatic heterocycles. The highest BCUT2D eigenvalue weighted by atomic mass is 19.1. The van der Waals surface area contributed by atoms with Gasteiger partial charge in [0.2, 0.25) is 0 Å². The highest BCUT2D eigenvalue weighted by Crippen LogP contribution is 2.42. The Morgan fingerprint density at radius 1 is 1.73 bits per heavy atom. The van der Waals surface area contributed by atoms with Crippen molar-refractivity contribution in [2.45, 2.75) is 19.5 Å². The Hall–Kier alpha value is -1.45. The minimum absolute atomic E-state index is 0.195. The number of allylic oxidation sites excluding steroid dienone is 4. The molecule has 0 amide bonds. The number of halogens is 2. The van der Waals surface area contributed by atoms with Gasteiger partial charge in [-0.2, -0.15) is 0 Å². The van der Waals surface area contributed by atoms with Crippen LogP contribution in [0.1, 0.15) is 13.3 Å². The Morgan fingerprint density at radius 3 is 2.80 bits per heavy atom. The number of rotatable bonds is 3. The summed E-state index contributed by atoms with van der Waals surface area (Å²) in [5.74, 6) is -1.88. The summed E-state index contributed by atoms with van der Waals surface area (Å²) in [5, 5.41) is 8.62. The smallest absolute Gasteiger partial charge is 0.330 e. The van der Waals surface area contributed by atoms with E-state index in [-0.39, 0.29) is 12.0 Å². The number of carboxylic acids is 1. The van der Waals surface area contributed by atoms with Crippen LogP contribution in [0.25, 0.3) is 0 Å². The molecule has 15 heavy (non-hydrogen) atoms. The lowest BCUT2D eigenvalue weighted by molar-refractivity contribution is -0.133. The van der Waals surface area contributed by atoms with Gasteiger partial charge in [-0.25, -0.2) is 13.6 Å². The lowest BCUT2D eigenvalue weighted by Crippen LogP contribution is -2.31. The molecule has 0 radical (unpaired) electrons. The van der Waals surface area contributed by atoms with E-state index in [9.17, 15) is 13.6 Å². The average molecular weight is 214 g/mol. The zero-order valence-electron chi connectivity index (χ0n) is 8.34. The summed E-state index contributed by atoms with van der Waals surface area (Å²) in [4.78, 5) is 10.5. The highest BCUT2D eigenvalue weighted by molar-refractivity contribution is 5.86. The van der Waals surface area contributed by atoms with E-state index in [1.165, 1.54) is 19.1 Å². The van der Waals surface area contributed by atoms with E-state index >= 15 is 0 Å². The van der Waals surface area contributed by atoms with Crippen molar-refractivity contribution in [1.82, 2.24) is 0 Å². The second-order valence-electron chi connectivity index (χ2n) is 3.80. The normalized spacial score (nSPS) is 29.8. The fourth-order valence-corrected chi connectivity index (χ4v) is 1.47. The van der Waals surface area contributed by atoms with Crippen LogP contribution < -0.4 is 0 Å². The standard InChI is InChI=1S/C11H12F2O2/c1-7(10(14)15)6-11(2)8(12)4-3-5-9(11)13/h3-5,8H,1,6H2,2H3,(H,14,15). The summed E-state index contributed by atoms with van der Waals surface area (Å²) < 4.78 is 26.9. The maximum atomic E-state index is 13.5. The van der Waals surface area contributed by atoms with E-state index in [1.807, 2.05) is 0 Å². The number of carbonyl (C=O) groups is 1. The van der Waals surface area contributed by atoms with Gasteiger partial charge in [-0.05, 0) is 25.5 Å². The van der Waals surface area contributed by atoms with E-state index in [1.54, 1.807) is 0 Å². The van der Waals surface area contributed by atoms with Crippen molar-refractivity contribution in [2.24, 2.45) is 5.41 Å². The Kier molecular flexibility index (Phi) is 3.07. The molecule has 0 saturated carbocycles. The zero-order valence-corrected chi connectivity index (χ0v) is 8.34. The molecular formula is C11H12F2O2. The predicted molar refractivity (Wildman–Crippen MR) is 52.7 cm³/mol. The van der Waals surface area contributed by atoms with Crippen molar-refractivity contribution in [3.63, 3.8) is 0 Å². The fourth-order valence-electron chi connectivity index (χ4n) is 1.47. The average Bonchev–Trinajstić information content (AvgIpc) is 2.14. The quantitative estimate of drug-likeness (QED) is 0.733. The lowest BCUT2D eigenvalue weighted by atomic mass is 9.76. The van der Waals surface area contributed by atoms with Crippen molar-refractivity contribution >= 4 is 5.97 Å². The van der Waals surface area contributed by atoms with Crippen LogP contribution >= 0.6 is 0 Å². The Labute approximate surface area is 86.6 Å². The molecule has 0 aromatic carbocycles. The monoisotopic (exact) mass is 214 g/mol. The molecule has 1 aliphatic carbocycles. The van der Waals surface area contributed by atoms with Crippen molar-refractivity contribution < 1.29 is 18.7 Å². The lowest BCUT2D eigenvalue weighted by Gasteiger charge is -2.31. The molecule has 82 valence electrons. The van der Waals surface area contributed by atoms with Crippen LogP contribution in [0.2, 0.25) is 0 Å². The van der Waals surface area contributed by atoms with Gasteiger partial charge in [0, 0.05) is 5.57 Å². The third kappa shape index (κ3) is 2.14. The number of hydrogen-bond acceptors (Lipinski definition) is 1. The first-order chi connectivity index (χ1) is 6.88. The van der Waals surface area contributed by atoms with E-state index in [4.69, 9.17) is 5.11 Å². The molecule has 1 rings (SSSR count). The van der Waals surface area contributed by atoms with Crippen LogP contribution in [-0.2, 0) is 4.79 Å². The molecule has 2 unspecified atom stereocenters. The van der Waals surface area contributed by atoms with Gasteiger partial charge in [0.05, 0.1) is 5.41 Å². The molecule has 1 aliphatic rings. The molecular weight excluding hydrogens is 202 g/mol. The second kappa shape index (κ2) is 3.96. The topological polar surface area (TPSA) is 37.3 Å². The van der Waals surface area contributed by atoms with Crippen molar-refractivity contribution in [2.75, 3.05) is 0 Å². The van der Waals surface area contributed by atoms with Gasteiger partial charge in [-0.15, -0.1) is 0 Å². The molecule has 0 heterocycles. The van der Waals surface area contributed by atoms with Gasteiger partial charge >= 0.3 is 5.97 Å². The molecule has 0 aromatic rings. The largest absolute Gasteiger partial charge is 0.478 e. The van der Waals surface area contributed by atoms with Crippen LogP contribution in [0.5, 0.6) is 0 Å². The van der Waals surface area contributed by atoms with Crippen LogP contribution in [0.15, 0.2) is 36.2 Å². The molecule has 2 nitrogen and oxygen atoms in total. The molecule has 1 N–H and O–H groups in total. The van der Waals surface area contributed by atoms with Gasteiger partial charge in [0.1, 0.15) is 12.0 Å². The summed E-state index contributed by atoms with van der Waals surface area (Å²) in [6, 6.07) is 0. The van der Waals surface area contributed by atoms with Crippen molar-refractivity contribution in [3.8, 4) is 0 Å². The van der Waals surface area contributed by atoms with E-state index < -0.39 is 23.4 Å². The van der Waals surface area contributed by atoms with Crippen molar-refractivity contribution in [1.29, 1.82) is 0 Å². The molecule has 0 aliphatic heterocycles. The summed E-state index contributed by atoms with van der Waals surface area (Å²) in [6.07, 6.45) is 1.86. The first-order valence-corrected chi connectivity index (χ1v) is 4.47. The first kappa shape index (κ1) is 11.6. The van der Waals surface area contributed by atoms with E-state index in [0.29, 0.717) is 0 Å². The van der Waals surface area contributed by atoms with Crippen LogP contribution in [-0.4, -0.2) is 17.2 Å². The first-order valence-electron chi connectivity index (χ1n) is 4.47. The number of hydrogen-bond donors (Lipinski definition) is 1. The maximum absolute atomic E-state index is 13.5. The van der Waals surface area contributed by atoms with Gasteiger partial charge in [0.15, 0.2) is 0 Å². The van der Waals surface area contributed by atoms with Crippen LogP contribution in [0.4, 0.5) is 8.78 Å². The summed E-state index contributed by atoms with van der Waals surface area (Å²) in [6.45, 7) is 4.63. The number of alkyl halides is 1. The zero-order chi connectivity index (χ0) is 11.6. The minimum atomic E-state index is -1.53. The SMILES string of the molecule is C=C(CC1(C)C(F)=CC=CC1F)C(=O)O. The Bertz CT molecular complexity index is 358. The summed E-state index contributed by atoms with van der Waals surface area (Å²) >= 11 is 0. The fraction of sp³-hybridized carbons (Fsp3) is 0.364. The van der Waals surface area contributed by atoms with E-state index in [2.05, 4.69) is 6.58 Å². The number of carboxylic acid groups (broad SMARTS) is 1. The minimum Gasteiger partial charge on any atom is -0.478 e. The molecule has 0 fully saturated rings. The number of aliphatic carboxylic acids is 1. The molecule has 0 saturated heterocycles. The Balaban J connectivity index is 2.91. The van der Waals surface area contributed by atoms with Crippen LogP contribution in [0, 0.1) is 5.41 Å². The maximum Gasteiger partial charge on any atom is 0.330 e. The third-order valence-electron chi connectivity index (χ3n) is 2.56. The van der Waals surface area contributed by atoms with Gasteiger partial charge in [-0.3, -0.25) is 0 Å².